The van der Waals surface area contributed by atoms with Crippen LogP contribution in [0.4, 0.5) is 0 Å². The van der Waals surface area contributed by atoms with E-state index < -0.39 is 5.97 Å². The van der Waals surface area contributed by atoms with E-state index in [4.69, 9.17) is 13.9 Å². The van der Waals surface area contributed by atoms with Crippen molar-refractivity contribution in [1.29, 1.82) is 0 Å². The quantitative estimate of drug-likeness (QED) is 0.712. The van der Waals surface area contributed by atoms with Crippen molar-refractivity contribution in [2.75, 3.05) is 18.1 Å². The maximum atomic E-state index is 11.8. The van der Waals surface area contributed by atoms with E-state index in [0.29, 0.717) is 35.4 Å². The minimum atomic E-state index is -0.861. The van der Waals surface area contributed by atoms with Crippen LogP contribution in [0.3, 0.4) is 0 Å². The van der Waals surface area contributed by atoms with Crippen molar-refractivity contribution >= 4 is 23.6 Å². The highest BCUT2D eigenvalue weighted by Gasteiger charge is 2.15. The van der Waals surface area contributed by atoms with Crippen LogP contribution in [-0.2, 0) is 16.0 Å². The standard InChI is InChI=1S/C14H16N2O5S/c1-9-10(16-14(21-9)11-3-2-5-20-11)7-12(17)15-4-6-22-8-13(18)19/h2-3,5H,4,6-8H2,1H3,(H,15,17)(H,18,19). The number of aromatic nitrogens is 1. The Morgan fingerprint density at radius 1 is 1.45 bits per heavy atom. The number of nitrogens with one attached hydrogen (secondary N) is 1. The van der Waals surface area contributed by atoms with Gasteiger partial charge in [0.1, 0.15) is 5.76 Å². The molecule has 7 nitrogen and oxygen atoms in total. The molecular weight excluding hydrogens is 308 g/mol. The molecule has 2 aromatic heterocycles. The Kier molecular flexibility index (Phi) is 5.65. The minimum Gasteiger partial charge on any atom is -0.481 e. The van der Waals surface area contributed by atoms with Gasteiger partial charge in [-0.1, -0.05) is 0 Å². The molecule has 2 N–H and O–H groups in total. The summed E-state index contributed by atoms with van der Waals surface area (Å²) in [6.07, 6.45) is 1.63. The average molecular weight is 324 g/mol. The molecule has 2 rings (SSSR count). The zero-order valence-corrected chi connectivity index (χ0v) is 12.8. The Morgan fingerprint density at radius 3 is 2.95 bits per heavy atom. The molecule has 0 aliphatic carbocycles. The van der Waals surface area contributed by atoms with E-state index in [-0.39, 0.29) is 18.1 Å². The zero-order valence-electron chi connectivity index (χ0n) is 12.0. The summed E-state index contributed by atoms with van der Waals surface area (Å²) >= 11 is 1.25. The van der Waals surface area contributed by atoms with Gasteiger partial charge in [-0.15, -0.1) is 11.8 Å². The number of aryl methyl sites for hydroxylation is 1. The molecule has 2 heterocycles. The highest BCUT2D eigenvalue weighted by Crippen LogP contribution is 2.22. The van der Waals surface area contributed by atoms with Crippen LogP contribution in [0.2, 0.25) is 0 Å². The van der Waals surface area contributed by atoms with Gasteiger partial charge in [0.25, 0.3) is 5.89 Å². The van der Waals surface area contributed by atoms with E-state index in [9.17, 15) is 9.59 Å². The fourth-order valence-electron chi connectivity index (χ4n) is 1.73. The third-order valence-corrected chi connectivity index (χ3v) is 3.69. The van der Waals surface area contributed by atoms with Crippen LogP contribution in [0.5, 0.6) is 0 Å². The fourth-order valence-corrected chi connectivity index (χ4v) is 2.30. The second kappa shape index (κ2) is 7.69. The first-order chi connectivity index (χ1) is 10.6. The van der Waals surface area contributed by atoms with Crippen LogP contribution >= 0.6 is 11.8 Å². The molecule has 22 heavy (non-hydrogen) atoms. The van der Waals surface area contributed by atoms with Crippen LogP contribution in [0.1, 0.15) is 11.5 Å². The average Bonchev–Trinajstić information content (AvgIpc) is 3.08. The lowest BCUT2D eigenvalue weighted by atomic mass is 10.2. The molecule has 0 atom stereocenters. The molecule has 0 bridgehead atoms. The number of furan rings is 1. The third-order valence-electron chi connectivity index (χ3n) is 2.75. The van der Waals surface area contributed by atoms with Crippen molar-refractivity contribution in [3.05, 3.63) is 29.9 Å². The molecule has 0 spiro atoms. The number of carboxylic acid groups (broad SMARTS) is 1. The summed E-state index contributed by atoms with van der Waals surface area (Å²) in [5, 5.41) is 11.2. The number of carbonyl (C=O) groups is 2. The highest BCUT2D eigenvalue weighted by molar-refractivity contribution is 7.99. The number of rotatable bonds is 8. The van der Waals surface area contributed by atoms with E-state index in [1.165, 1.54) is 18.0 Å². The Balaban J connectivity index is 1.80. The van der Waals surface area contributed by atoms with Gasteiger partial charge in [0.15, 0.2) is 5.76 Å². The second-order valence-electron chi connectivity index (χ2n) is 4.47. The maximum Gasteiger partial charge on any atom is 0.313 e. The third kappa shape index (κ3) is 4.66. The lowest BCUT2D eigenvalue weighted by molar-refractivity contribution is -0.133. The van der Waals surface area contributed by atoms with Crippen molar-refractivity contribution in [1.82, 2.24) is 10.3 Å². The van der Waals surface area contributed by atoms with E-state index in [1.807, 2.05) is 0 Å². The molecule has 8 heteroatoms. The first-order valence-electron chi connectivity index (χ1n) is 6.62. The molecule has 0 aliphatic heterocycles. The first kappa shape index (κ1) is 16.2. The molecule has 0 aromatic carbocycles. The Hall–Kier alpha value is -2.22. The monoisotopic (exact) mass is 324 g/mol. The van der Waals surface area contributed by atoms with Crippen molar-refractivity contribution in [3.8, 4) is 11.7 Å². The molecule has 118 valence electrons. The summed E-state index contributed by atoms with van der Waals surface area (Å²) in [5.74, 6) is 0.973. The van der Waals surface area contributed by atoms with Gasteiger partial charge in [-0.3, -0.25) is 9.59 Å². The minimum absolute atomic E-state index is 0.0325. The van der Waals surface area contributed by atoms with Gasteiger partial charge in [0, 0.05) is 12.3 Å². The van der Waals surface area contributed by atoms with Gasteiger partial charge in [-0.2, -0.15) is 0 Å². The van der Waals surface area contributed by atoms with Gasteiger partial charge < -0.3 is 19.3 Å². The topological polar surface area (TPSA) is 106 Å². The van der Waals surface area contributed by atoms with Crippen LogP contribution in [-0.4, -0.2) is 40.0 Å². The van der Waals surface area contributed by atoms with E-state index in [1.54, 1.807) is 19.1 Å². The molecular formula is C14H16N2O5S. The summed E-state index contributed by atoms with van der Waals surface area (Å²) in [6, 6.07) is 3.46. The van der Waals surface area contributed by atoms with Crippen LogP contribution in [0.25, 0.3) is 11.7 Å². The number of oxazole rings is 1. The maximum absolute atomic E-state index is 11.8. The molecule has 0 radical (unpaired) electrons. The number of aliphatic carboxylic acids is 1. The molecule has 2 aromatic rings. The van der Waals surface area contributed by atoms with Crippen molar-refractivity contribution in [3.63, 3.8) is 0 Å². The van der Waals surface area contributed by atoms with Crippen LogP contribution in [0.15, 0.2) is 27.2 Å². The smallest absolute Gasteiger partial charge is 0.313 e. The first-order valence-corrected chi connectivity index (χ1v) is 7.78. The summed E-state index contributed by atoms with van der Waals surface area (Å²) < 4.78 is 10.7. The van der Waals surface area contributed by atoms with Crippen LogP contribution < -0.4 is 5.32 Å². The number of hydrogen-bond donors (Lipinski definition) is 2. The van der Waals surface area contributed by atoms with E-state index in [2.05, 4.69) is 10.3 Å². The summed E-state index contributed by atoms with van der Waals surface area (Å²) in [6.45, 7) is 2.16. The molecule has 0 fully saturated rings. The Bertz CT molecular complexity index is 636. The largest absolute Gasteiger partial charge is 0.481 e. The number of carboxylic acids is 1. The summed E-state index contributed by atoms with van der Waals surface area (Å²) in [7, 11) is 0. The zero-order chi connectivity index (χ0) is 15.9. The summed E-state index contributed by atoms with van der Waals surface area (Å²) in [4.78, 5) is 26.4. The fraction of sp³-hybridized carbons (Fsp3) is 0.357. The van der Waals surface area contributed by atoms with Gasteiger partial charge in [0.05, 0.1) is 24.1 Å². The number of nitrogens with zero attached hydrogens (tertiary/aromatic N) is 1. The predicted molar refractivity (Wildman–Crippen MR) is 80.6 cm³/mol. The second-order valence-corrected chi connectivity index (χ2v) is 5.58. The van der Waals surface area contributed by atoms with Crippen LogP contribution in [0, 0.1) is 6.92 Å². The lowest BCUT2D eigenvalue weighted by Gasteiger charge is -2.03. The molecule has 0 unspecified atom stereocenters. The van der Waals surface area contributed by atoms with Crippen molar-refractivity contribution in [2.24, 2.45) is 0 Å². The lowest BCUT2D eigenvalue weighted by Crippen LogP contribution is -2.27. The predicted octanol–water partition coefficient (Wildman–Crippen LogP) is 1.72. The Morgan fingerprint density at radius 2 is 2.27 bits per heavy atom. The number of thioether (sulfide) groups is 1. The number of amides is 1. The SMILES string of the molecule is Cc1oc(-c2ccco2)nc1CC(=O)NCCSCC(=O)O. The summed E-state index contributed by atoms with van der Waals surface area (Å²) in [5.41, 5.74) is 0.557. The van der Waals surface area contributed by atoms with Gasteiger partial charge in [-0.05, 0) is 19.1 Å². The van der Waals surface area contributed by atoms with Crippen molar-refractivity contribution < 1.29 is 23.5 Å². The number of hydrogen-bond acceptors (Lipinski definition) is 6. The van der Waals surface area contributed by atoms with E-state index in [0.717, 1.165) is 0 Å². The van der Waals surface area contributed by atoms with Gasteiger partial charge in [0.2, 0.25) is 5.91 Å². The van der Waals surface area contributed by atoms with Crippen molar-refractivity contribution in [2.45, 2.75) is 13.3 Å². The molecule has 1 amide bonds. The Labute approximate surface area is 131 Å². The van der Waals surface area contributed by atoms with E-state index >= 15 is 0 Å². The van der Waals surface area contributed by atoms with Gasteiger partial charge >= 0.3 is 5.97 Å². The molecule has 0 saturated carbocycles. The van der Waals surface area contributed by atoms with Gasteiger partial charge in [-0.25, -0.2) is 4.98 Å². The number of carbonyl (C=O) groups excluding carboxylic acids is 1. The normalized spacial score (nSPS) is 10.6. The highest BCUT2D eigenvalue weighted by atomic mass is 32.2. The molecule has 0 aliphatic rings. The molecule has 0 saturated heterocycles.